The van der Waals surface area contributed by atoms with Gasteiger partial charge in [-0.15, -0.1) is 0 Å². The summed E-state index contributed by atoms with van der Waals surface area (Å²) in [6.07, 6.45) is 6.48. The Balaban J connectivity index is 0.000000169. The Morgan fingerprint density at radius 3 is 0.881 bits per heavy atom. The van der Waals surface area contributed by atoms with Gasteiger partial charge in [-0.2, -0.15) is 0 Å². The molecular weight excluding hydrogens is 709 g/mol. The van der Waals surface area contributed by atoms with Crippen molar-refractivity contribution in [2.75, 3.05) is 0 Å². The SMILES string of the molecule is CC1C(C)C(C)C1C.CC1C(C)C2C=CC1C(C)C2C.CC1C(C)C2CC1C(C)C2C.Cc1ccc(C(C)(C)c2ccc(C)c(C)c2)cc1C.Cc1ccc(C)c(C)c1. The molecule has 0 spiro atoms. The van der Waals surface area contributed by atoms with E-state index in [1.165, 1.54) is 56.5 Å². The summed E-state index contributed by atoms with van der Waals surface area (Å²) in [6.45, 7) is 48.7. The van der Waals surface area contributed by atoms with Crippen molar-refractivity contribution >= 4 is 0 Å². The Morgan fingerprint density at radius 1 is 0.339 bits per heavy atom. The molecule has 0 amide bonds. The topological polar surface area (TPSA) is 0 Å². The largest absolute Gasteiger partial charge is 0.0846 e. The first kappa shape index (κ1) is 49.1. The highest BCUT2D eigenvalue weighted by atomic mass is 14.6. The van der Waals surface area contributed by atoms with E-state index in [0.717, 1.165) is 94.7 Å². The van der Waals surface area contributed by atoms with Gasteiger partial charge in [-0.1, -0.05) is 169 Å². The smallest absolute Gasteiger partial charge is 0.0146 e. The zero-order valence-electron chi connectivity index (χ0n) is 42.3. The second kappa shape index (κ2) is 20.1. The summed E-state index contributed by atoms with van der Waals surface area (Å²) in [4.78, 5) is 0. The number of fused-ring (bicyclic) bond motifs is 4. The highest BCUT2D eigenvalue weighted by molar-refractivity contribution is 5.43. The van der Waals surface area contributed by atoms with Crippen LogP contribution in [0.3, 0.4) is 0 Å². The average molecular weight is 801 g/mol. The molecule has 0 nitrogen and oxygen atoms in total. The van der Waals surface area contributed by atoms with Gasteiger partial charge in [-0.25, -0.2) is 0 Å². The van der Waals surface area contributed by atoms with Crippen LogP contribution in [-0.4, -0.2) is 0 Å². The van der Waals surface area contributed by atoms with Gasteiger partial charge in [0.25, 0.3) is 0 Å². The van der Waals surface area contributed by atoms with Crippen LogP contribution in [0.4, 0.5) is 0 Å². The van der Waals surface area contributed by atoms with E-state index in [1.54, 1.807) is 0 Å². The van der Waals surface area contributed by atoms with E-state index in [2.05, 4.69) is 212 Å². The number of rotatable bonds is 2. The molecular formula is C59H92. The number of hydrogen-bond acceptors (Lipinski definition) is 0. The molecule has 0 heteroatoms. The summed E-state index contributed by atoms with van der Waals surface area (Å²) in [5.41, 5.74) is 12.4. The Bertz CT molecular complexity index is 1680. The molecule has 4 bridgehead atoms. The minimum atomic E-state index is 0.0525. The fourth-order valence-electron chi connectivity index (χ4n) is 12.1. The van der Waals surface area contributed by atoms with E-state index in [-0.39, 0.29) is 5.41 Å². The maximum atomic E-state index is 2.47. The third kappa shape index (κ3) is 10.7. The fraction of sp³-hybridized carbons (Fsp3) is 0.661. The predicted molar refractivity (Wildman–Crippen MR) is 262 cm³/mol. The highest BCUT2D eigenvalue weighted by Gasteiger charge is 2.51. The Kier molecular flexibility index (Phi) is 16.7. The quantitative estimate of drug-likeness (QED) is 0.227. The maximum absolute atomic E-state index is 2.47. The predicted octanol–water partition coefficient (Wildman–Crippen LogP) is 16.9. The Morgan fingerprint density at radius 2 is 0.627 bits per heavy atom. The van der Waals surface area contributed by atoms with Gasteiger partial charge in [0.15, 0.2) is 0 Å². The van der Waals surface area contributed by atoms with Crippen LogP contribution in [0, 0.1) is 143 Å². The molecule has 0 heterocycles. The van der Waals surface area contributed by atoms with Gasteiger partial charge in [0, 0.05) is 5.41 Å². The molecule has 0 radical (unpaired) electrons. The number of aryl methyl sites for hydroxylation is 7. The lowest BCUT2D eigenvalue weighted by atomic mass is 9.55. The molecule has 4 saturated carbocycles. The molecule has 6 aliphatic rings. The van der Waals surface area contributed by atoms with Crippen molar-refractivity contribution in [3.8, 4) is 0 Å². The highest BCUT2D eigenvalue weighted by Crippen LogP contribution is 2.57. The van der Waals surface area contributed by atoms with Crippen molar-refractivity contribution in [1.82, 2.24) is 0 Å². The van der Waals surface area contributed by atoms with Gasteiger partial charge in [0.2, 0.25) is 0 Å². The first-order valence-electron chi connectivity index (χ1n) is 24.3. The molecule has 8 atom stereocenters. The van der Waals surface area contributed by atoms with Crippen LogP contribution >= 0.6 is 0 Å². The molecule has 0 aliphatic heterocycles. The minimum absolute atomic E-state index is 0.0525. The van der Waals surface area contributed by atoms with Crippen molar-refractivity contribution in [3.63, 3.8) is 0 Å². The summed E-state index contributed by atoms with van der Waals surface area (Å²) >= 11 is 0. The molecule has 3 aromatic rings. The Hall–Kier alpha value is -2.60. The molecule has 59 heavy (non-hydrogen) atoms. The van der Waals surface area contributed by atoms with Gasteiger partial charge < -0.3 is 0 Å². The summed E-state index contributed by atoms with van der Waals surface area (Å²) < 4.78 is 0. The van der Waals surface area contributed by atoms with Crippen molar-refractivity contribution in [1.29, 1.82) is 0 Å². The summed E-state index contributed by atoms with van der Waals surface area (Å²) in [5, 5.41) is 0. The molecule has 8 unspecified atom stereocenters. The monoisotopic (exact) mass is 801 g/mol. The zero-order chi connectivity index (χ0) is 44.4. The van der Waals surface area contributed by atoms with Crippen LogP contribution in [0.15, 0.2) is 66.7 Å². The maximum Gasteiger partial charge on any atom is 0.0146 e. The molecule has 0 aromatic heterocycles. The van der Waals surface area contributed by atoms with Crippen molar-refractivity contribution in [2.45, 2.75) is 157 Å². The van der Waals surface area contributed by atoms with Gasteiger partial charge in [-0.3, -0.25) is 0 Å². The van der Waals surface area contributed by atoms with E-state index in [1.807, 2.05) is 0 Å². The molecule has 3 aromatic carbocycles. The second-order valence-electron chi connectivity index (χ2n) is 22.2. The zero-order valence-corrected chi connectivity index (χ0v) is 42.3. The normalized spacial score (nSPS) is 36.1. The van der Waals surface area contributed by atoms with E-state index < -0.39 is 0 Å². The van der Waals surface area contributed by atoms with Crippen LogP contribution in [0.2, 0.25) is 0 Å². The number of benzene rings is 3. The lowest BCUT2D eigenvalue weighted by Crippen LogP contribution is -2.44. The van der Waals surface area contributed by atoms with E-state index in [0.29, 0.717) is 0 Å². The molecule has 328 valence electrons. The van der Waals surface area contributed by atoms with Crippen LogP contribution in [0.1, 0.15) is 153 Å². The van der Waals surface area contributed by atoms with Gasteiger partial charge in [0.05, 0.1) is 0 Å². The lowest BCUT2D eigenvalue weighted by molar-refractivity contribution is 0.0302. The standard InChI is InChI=1S/C19H24.C12H20.C11H20.C9H12.C8H16/c1-13-7-9-17(11-15(13)3)19(5,6)18-10-8-14(2)16(4)12-18;1-7-8(2)12-6-5-11(7)9(3)10(12)4;1-6-7(2)11-5-10(6)8(3)9(11)4;1-7-4-5-8(2)9(3)6-7;1-5-6(2)8(4)7(5)3/h7-12H,1-6H3;5-12H,1-4H3;6-11H,5H2,1-4H3;4-6H,1-3H3;5-8H,1-4H3. The molecule has 0 N–H and O–H groups in total. The number of allylic oxidation sites excluding steroid dienone is 2. The summed E-state index contributed by atoms with van der Waals surface area (Å²) in [6, 6.07) is 20.1. The minimum Gasteiger partial charge on any atom is -0.0846 e. The average Bonchev–Trinajstić information content (AvgIpc) is 3.67. The van der Waals surface area contributed by atoms with Gasteiger partial charge in [0.1, 0.15) is 0 Å². The fourth-order valence-corrected chi connectivity index (χ4v) is 12.1. The van der Waals surface area contributed by atoms with Gasteiger partial charge in [-0.05, 0) is 194 Å². The first-order valence-corrected chi connectivity index (χ1v) is 24.3. The first-order chi connectivity index (χ1) is 27.4. The van der Waals surface area contributed by atoms with E-state index in [4.69, 9.17) is 0 Å². The van der Waals surface area contributed by atoms with E-state index >= 15 is 0 Å². The molecule has 0 saturated heterocycles. The van der Waals surface area contributed by atoms with Gasteiger partial charge >= 0.3 is 0 Å². The van der Waals surface area contributed by atoms with Crippen LogP contribution in [-0.2, 0) is 5.41 Å². The molecule has 6 aliphatic carbocycles. The molecule has 9 rings (SSSR count). The lowest BCUT2D eigenvalue weighted by Gasteiger charge is -2.50. The Labute approximate surface area is 367 Å². The van der Waals surface area contributed by atoms with Crippen molar-refractivity contribution < 1.29 is 0 Å². The summed E-state index contributed by atoms with van der Waals surface area (Å²) in [7, 11) is 0. The second-order valence-corrected chi connectivity index (χ2v) is 22.2. The third-order valence-electron chi connectivity index (χ3n) is 19.0. The third-order valence-corrected chi connectivity index (χ3v) is 19.0. The summed E-state index contributed by atoms with van der Waals surface area (Å²) in [5.74, 6) is 15.4. The van der Waals surface area contributed by atoms with Crippen LogP contribution in [0.25, 0.3) is 0 Å². The van der Waals surface area contributed by atoms with Crippen molar-refractivity contribution in [2.24, 2.45) is 94.7 Å². The van der Waals surface area contributed by atoms with Crippen LogP contribution < -0.4 is 0 Å². The number of hydrogen-bond donors (Lipinski definition) is 0. The van der Waals surface area contributed by atoms with Crippen LogP contribution in [0.5, 0.6) is 0 Å². The molecule has 4 fully saturated rings. The van der Waals surface area contributed by atoms with E-state index in [9.17, 15) is 0 Å². The van der Waals surface area contributed by atoms with Crippen molar-refractivity contribution in [3.05, 3.63) is 117 Å².